The van der Waals surface area contributed by atoms with E-state index in [1.54, 1.807) is 13.8 Å². The van der Waals surface area contributed by atoms with Crippen molar-refractivity contribution in [3.05, 3.63) is 23.5 Å². The van der Waals surface area contributed by atoms with Crippen molar-refractivity contribution in [2.45, 2.75) is 24.8 Å². The van der Waals surface area contributed by atoms with Crippen LogP contribution in [0.4, 0.5) is 4.39 Å². The van der Waals surface area contributed by atoms with Gasteiger partial charge in [0.05, 0.1) is 7.11 Å². The maximum Gasteiger partial charge on any atom is 0.265 e. The molecular weight excluding hydrogens is 297 g/mol. The van der Waals surface area contributed by atoms with Gasteiger partial charge in [0, 0.05) is 22.3 Å². The number of benzene rings is 1. The Morgan fingerprint density at radius 3 is 2.42 bits per heavy atom. The summed E-state index contributed by atoms with van der Waals surface area (Å²) in [4.78, 5) is 11.2. The molecule has 8 heteroatoms. The maximum absolute atomic E-state index is 13.7. The van der Waals surface area contributed by atoms with E-state index < -0.39 is 31.4 Å². The van der Waals surface area contributed by atoms with Crippen molar-refractivity contribution in [1.82, 2.24) is 5.32 Å². The van der Waals surface area contributed by atoms with Crippen LogP contribution in [0.2, 0.25) is 0 Å². The number of hydrogen-bond donors (Lipinski definition) is 1. The Morgan fingerprint density at radius 2 is 2.00 bits per heavy atom. The lowest BCUT2D eigenvalue weighted by molar-refractivity contribution is 0.0942. The molecule has 19 heavy (non-hydrogen) atoms. The Hall–Kier alpha value is -1.34. The summed E-state index contributed by atoms with van der Waals surface area (Å²) in [6.45, 7) is 3.44. The molecular formula is C11H13ClFNO4S. The van der Waals surface area contributed by atoms with Crippen molar-refractivity contribution in [3.8, 4) is 5.75 Å². The molecule has 0 aromatic heterocycles. The van der Waals surface area contributed by atoms with Crippen molar-refractivity contribution >= 4 is 25.6 Å². The molecule has 0 bridgehead atoms. The number of carbonyl (C=O) groups is 1. The predicted molar refractivity (Wildman–Crippen MR) is 68.6 cm³/mol. The summed E-state index contributed by atoms with van der Waals surface area (Å²) in [5.41, 5.74) is -0.147. The first-order valence-electron chi connectivity index (χ1n) is 5.30. The van der Waals surface area contributed by atoms with Gasteiger partial charge in [-0.3, -0.25) is 4.79 Å². The number of hydrogen-bond acceptors (Lipinski definition) is 4. The van der Waals surface area contributed by atoms with Crippen LogP contribution >= 0.6 is 10.7 Å². The third kappa shape index (κ3) is 3.81. The third-order valence-electron chi connectivity index (χ3n) is 2.16. The summed E-state index contributed by atoms with van der Waals surface area (Å²) in [5.74, 6) is -2.09. The quantitative estimate of drug-likeness (QED) is 0.862. The molecule has 0 saturated carbocycles. The van der Waals surface area contributed by atoms with Gasteiger partial charge in [-0.15, -0.1) is 0 Å². The van der Waals surface area contributed by atoms with Gasteiger partial charge in [0.2, 0.25) is 0 Å². The largest absolute Gasteiger partial charge is 0.492 e. The van der Waals surface area contributed by atoms with E-state index >= 15 is 0 Å². The summed E-state index contributed by atoms with van der Waals surface area (Å²) in [5, 5.41) is 2.52. The maximum atomic E-state index is 13.7. The zero-order valence-corrected chi connectivity index (χ0v) is 12.1. The first-order valence-corrected chi connectivity index (χ1v) is 7.60. The molecule has 0 spiro atoms. The minimum atomic E-state index is -4.23. The van der Waals surface area contributed by atoms with E-state index in [9.17, 15) is 17.6 Å². The number of carbonyl (C=O) groups excluding carboxylic acids is 1. The lowest BCUT2D eigenvalue weighted by Gasteiger charge is -2.11. The first-order chi connectivity index (χ1) is 8.66. The highest BCUT2D eigenvalue weighted by atomic mass is 35.7. The van der Waals surface area contributed by atoms with Crippen molar-refractivity contribution in [2.75, 3.05) is 7.11 Å². The van der Waals surface area contributed by atoms with Crippen LogP contribution in [0.3, 0.4) is 0 Å². The number of amides is 1. The molecule has 1 N–H and O–H groups in total. The summed E-state index contributed by atoms with van der Waals surface area (Å²) < 4.78 is 41.1. The average molecular weight is 310 g/mol. The SMILES string of the molecule is COc1c(F)cc(C(=O)NC(C)C)cc1S(=O)(=O)Cl. The van der Waals surface area contributed by atoms with Gasteiger partial charge in [-0.25, -0.2) is 12.8 Å². The van der Waals surface area contributed by atoms with Crippen LogP contribution in [0.5, 0.6) is 5.75 Å². The van der Waals surface area contributed by atoms with E-state index in [1.807, 2.05) is 0 Å². The van der Waals surface area contributed by atoms with Crippen LogP contribution in [0.25, 0.3) is 0 Å². The Labute approximate surface area is 115 Å². The molecule has 1 rings (SSSR count). The predicted octanol–water partition coefficient (Wildman–Crippen LogP) is 1.90. The Morgan fingerprint density at radius 1 is 1.42 bits per heavy atom. The molecule has 0 aliphatic carbocycles. The van der Waals surface area contributed by atoms with E-state index in [0.29, 0.717) is 0 Å². The fraction of sp³-hybridized carbons (Fsp3) is 0.364. The first kappa shape index (κ1) is 15.7. The summed E-state index contributed by atoms with van der Waals surface area (Å²) in [7, 11) is 2.07. The van der Waals surface area contributed by atoms with Crippen LogP contribution in [0.15, 0.2) is 17.0 Å². The normalized spacial score (nSPS) is 11.5. The van der Waals surface area contributed by atoms with E-state index in [2.05, 4.69) is 10.1 Å². The number of nitrogens with one attached hydrogen (secondary N) is 1. The van der Waals surface area contributed by atoms with Crippen LogP contribution in [0, 0.1) is 5.82 Å². The smallest absolute Gasteiger partial charge is 0.265 e. The summed E-state index contributed by atoms with van der Waals surface area (Å²) in [6, 6.07) is 1.69. The monoisotopic (exact) mass is 309 g/mol. The van der Waals surface area contributed by atoms with Gasteiger partial charge in [0.1, 0.15) is 4.90 Å². The molecule has 5 nitrogen and oxygen atoms in total. The van der Waals surface area contributed by atoms with E-state index in [4.69, 9.17) is 10.7 Å². The van der Waals surface area contributed by atoms with Crippen molar-refractivity contribution < 1.29 is 22.3 Å². The Kier molecular flexibility index (Phi) is 4.75. The highest BCUT2D eigenvalue weighted by Crippen LogP contribution is 2.31. The molecule has 0 saturated heterocycles. The van der Waals surface area contributed by atoms with Gasteiger partial charge < -0.3 is 10.1 Å². The number of ether oxygens (including phenoxy) is 1. The fourth-order valence-corrected chi connectivity index (χ4v) is 2.44. The van der Waals surface area contributed by atoms with Crippen molar-refractivity contribution in [3.63, 3.8) is 0 Å². The van der Waals surface area contributed by atoms with Gasteiger partial charge in [-0.05, 0) is 26.0 Å². The second-order valence-corrected chi connectivity index (χ2v) is 6.59. The molecule has 1 aromatic rings. The second kappa shape index (κ2) is 5.75. The molecule has 1 aromatic carbocycles. The van der Waals surface area contributed by atoms with Crippen LogP contribution in [-0.2, 0) is 9.05 Å². The van der Waals surface area contributed by atoms with Crippen LogP contribution in [0.1, 0.15) is 24.2 Å². The molecule has 0 fully saturated rings. The second-order valence-electron chi connectivity index (χ2n) is 4.06. The average Bonchev–Trinajstić information content (AvgIpc) is 2.25. The van der Waals surface area contributed by atoms with Gasteiger partial charge in [0.25, 0.3) is 15.0 Å². The Balaban J connectivity index is 3.40. The van der Waals surface area contributed by atoms with Gasteiger partial charge in [0.15, 0.2) is 11.6 Å². The van der Waals surface area contributed by atoms with Gasteiger partial charge in [-0.2, -0.15) is 0 Å². The molecule has 0 atom stereocenters. The number of methoxy groups -OCH3 is 1. The third-order valence-corrected chi connectivity index (χ3v) is 3.49. The summed E-state index contributed by atoms with van der Waals surface area (Å²) in [6.07, 6.45) is 0. The number of rotatable bonds is 4. The van der Waals surface area contributed by atoms with Crippen LogP contribution in [-0.4, -0.2) is 27.5 Å². The minimum Gasteiger partial charge on any atom is -0.492 e. The molecule has 0 heterocycles. The summed E-state index contributed by atoms with van der Waals surface area (Å²) >= 11 is 0. The minimum absolute atomic E-state index is 0.147. The fourth-order valence-electron chi connectivity index (χ4n) is 1.42. The molecule has 1 amide bonds. The van der Waals surface area contributed by atoms with Crippen LogP contribution < -0.4 is 10.1 Å². The standard InChI is InChI=1S/C11H13ClFNO4S/c1-6(2)14-11(15)7-4-8(13)10(18-3)9(5-7)19(12,16)17/h4-6H,1-3H3,(H,14,15). The molecule has 0 aliphatic rings. The Bertz CT molecular complexity index is 601. The van der Waals surface area contributed by atoms with E-state index in [-0.39, 0.29) is 11.6 Å². The molecule has 106 valence electrons. The zero-order chi connectivity index (χ0) is 14.8. The van der Waals surface area contributed by atoms with Crippen molar-refractivity contribution in [2.24, 2.45) is 0 Å². The van der Waals surface area contributed by atoms with Crippen molar-refractivity contribution in [1.29, 1.82) is 0 Å². The highest BCUT2D eigenvalue weighted by molar-refractivity contribution is 8.13. The molecule has 0 radical (unpaired) electrons. The molecule has 0 aliphatic heterocycles. The number of halogens is 2. The zero-order valence-electron chi connectivity index (χ0n) is 10.5. The van der Waals surface area contributed by atoms with E-state index in [1.165, 1.54) is 0 Å². The van der Waals surface area contributed by atoms with Gasteiger partial charge in [-0.1, -0.05) is 0 Å². The van der Waals surface area contributed by atoms with E-state index in [0.717, 1.165) is 19.2 Å². The molecule has 0 unspecified atom stereocenters. The van der Waals surface area contributed by atoms with Gasteiger partial charge >= 0.3 is 0 Å². The topological polar surface area (TPSA) is 72.5 Å². The highest BCUT2D eigenvalue weighted by Gasteiger charge is 2.23. The lowest BCUT2D eigenvalue weighted by Crippen LogP contribution is -2.30. The lowest BCUT2D eigenvalue weighted by atomic mass is 10.2.